The second kappa shape index (κ2) is 10.7. The Bertz CT molecular complexity index is 1050. The highest BCUT2D eigenvalue weighted by molar-refractivity contribution is 8.15. The number of methoxy groups -OCH3 is 2. The molecule has 178 valence electrons. The van der Waals surface area contributed by atoms with Crippen molar-refractivity contribution < 1.29 is 9.47 Å². The zero-order valence-corrected chi connectivity index (χ0v) is 22.4. The van der Waals surface area contributed by atoms with E-state index in [0.717, 1.165) is 33.2 Å². The Hall–Kier alpha value is -2.32. The van der Waals surface area contributed by atoms with Crippen molar-refractivity contribution >= 4 is 45.1 Å². The lowest BCUT2D eigenvalue weighted by Crippen LogP contribution is -2.23. The number of thioether (sulfide) groups is 2. The van der Waals surface area contributed by atoms with Crippen LogP contribution in [0, 0.1) is 0 Å². The number of hydrogen-bond acceptors (Lipinski definition) is 8. The monoisotopic (exact) mass is 486 g/mol. The number of amidine groups is 1. The highest BCUT2D eigenvalue weighted by atomic mass is 32.2. The summed E-state index contributed by atoms with van der Waals surface area (Å²) < 4.78 is 10.9. The Balaban J connectivity index is 1.73. The molecule has 0 spiro atoms. The van der Waals surface area contributed by atoms with Crippen molar-refractivity contribution in [3.63, 3.8) is 0 Å². The predicted octanol–water partition coefficient (Wildman–Crippen LogP) is 5.55. The van der Waals surface area contributed by atoms with Crippen molar-refractivity contribution in [3.05, 3.63) is 47.5 Å². The summed E-state index contributed by atoms with van der Waals surface area (Å²) in [6.45, 7) is 4.25. The van der Waals surface area contributed by atoms with Crippen LogP contribution in [0.1, 0.15) is 25.0 Å². The molecular weight excluding hydrogens is 452 g/mol. The maximum absolute atomic E-state index is 5.44. The molecule has 1 aliphatic heterocycles. The molecule has 1 heterocycles. The van der Waals surface area contributed by atoms with Gasteiger partial charge in [0.25, 0.3) is 0 Å². The molecule has 3 rings (SSSR count). The van der Waals surface area contributed by atoms with Crippen molar-refractivity contribution in [1.29, 1.82) is 0 Å². The molecule has 0 unspecified atom stereocenters. The van der Waals surface area contributed by atoms with E-state index in [1.807, 2.05) is 12.1 Å². The van der Waals surface area contributed by atoms with Gasteiger partial charge in [-0.25, -0.2) is 9.98 Å². The third kappa shape index (κ3) is 6.18. The lowest BCUT2D eigenvalue weighted by molar-refractivity contribution is 0.414. The van der Waals surface area contributed by atoms with E-state index in [-0.39, 0.29) is 5.54 Å². The number of hydrogen-bond donors (Lipinski definition) is 0. The quantitative estimate of drug-likeness (QED) is 0.488. The van der Waals surface area contributed by atoms with Crippen LogP contribution < -0.4 is 19.3 Å². The Morgan fingerprint density at radius 1 is 0.788 bits per heavy atom. The molecule has 0 aromatic heterocycles. The largest absolute Gasteiger partial charge is 0.497 e. The number of nitrogens with zero attached hydrogens (tertiary/aromatic N) is 4. The van der Waals surface area contributed by atoms with E-state index < -0.39 is 0 Å². The molecule has 0 saturated heterocycles. The summed E-state index contributed by atoms with van der Waals surface area (Å²) in [5, 5.41) is 1.87. The van der Waals surface area contributed by atoms with Gasteiger partial charge < -0.3 is 19.3 Å². The fourth-order valence-corrected chi connectivity index (χ4v) is 5.67. The zero-order chi connectivity index (χ0) is 24.2. The average molecular weight is 487 g/mol. The van der Waals surface area contributed by atoms with Crippen molar-refractivity contribution in [1.82, 2.24) is 0 Å². The van der Waals surface area contributed by atoms with Gasteiger partial charge in [0, 0.05) is 51.1 Å². The van der Waals surface area contributed by atoms with Gasteiger partial charge >= 0.3 is 0 Å². The predicted molar refractivity (Wildman–Crippen MR) is 146 cm³/mol. The lowest BCUT2D eigenvalue weighted by Gasteiger charge is -2.20. The van der Waals surface area contributed by atoms with Gasteiger partial charge in [0.05, 0.1) is 14.2 Å². The van der Waals surface area contributed by atoms with Crippen molar-refractivity contribution in [2.24, 2.45) is 9.98 Å². The Morgan fingerprint density at radius 2 is 1.27 bits per heavy atom. The van der Waals surface area contributed by atoms with E-state index >= 15 is 0 Å². The molecule has 0 saturated carbocycles. The zero-order valence-electron chi connectivity index (χ0n) is 20.8. The van der Waals surface area contributed by atoms with E-state index in [9.17, 15) is 0 Å². The van der Waals surface area contributed by atoms with Gasteiger partial charge in [0.2, 0.25) is 0 Å². The topological polar surface area (TPSA) is 49.7 Å². The standard InChI is InChI=1S/C25H34N4O2S2/c1-25(2)23(32-15-17-13-19(30-7)9-11-21(17)28(3)4)26-24(27-25)33-16-18-14-20(31-8)10-12-22(18)29(5)6/h9-14H,15-16H2,1-8H3. The fraction of sp³-hybridized carbons (Fsp3) is 0.440. The summed E-state index contributed by atoms with van der Waals surface area (Å²) in [5.74, 6) is 3.31. The Labute approximate surface area is 206 Å². The molecule has 0 fully saturated rings. The normalized spacial score (nSPS) is 14.5. The second-order valence-electron chi connectivity index (χ2n) is 8.73. The Morgan fingerprint density at radius 3 is 1.73 bits per heavy atom. The van der Waals surface area contributed by atoms with Crippen molar-refractivity contribution in [2.75, 3.05) is 52.2 Å². The maximum Gasteiger partial charge on any atom is 0.185 e. The van der Waals surface area contributed by atoms with E-state index in [1.54, 1.807) is 37.7 Å². The molecule has 0 N–H and O–H groups in total. The first kappa shape index (κ1) is 25.3. The van der Waals surface area contributed by atoms with Crippen molar-refractivity contribution in [2.45, 2.75) is 30.9 Å². The first-order valence-corrected chi connectivity index (χ1v) is 12.7. The SMILES string of the molecule is COc1ccc(N(C)C)c(CSC2=NC(C)(C)C(SCc3cc(OC)ccc3N(C)C)=N2)c1. The number of ether oxygens (including phenoxy) is 2. The van der Waals surface area contributed by atoms with Gasteiger partial charge in [-0.15, -0.1) is 11.8 Å². The van der Waals surface area contributed by atoms with Crippen LogP contribution in [0.25, 0.3) is 0 Å². The number of anilines is 2. The third-order valence-electron chi connectivity index (χ3n) is 5.35. The van der Waals surface area contributed by atoms with E-state index in [0.29, 0.717) is 0 Å². The van der Waals surface area contributed by atoms with Crippen LogP contribution in [0.2, 0.25) is 0 Å². The Kier molecular flexibility index (Phi) is 8.23. The summed E-state index contributed by atoms with van der Waals surface area (Å²) in [6.07, 6.45) is 0. The second-order valence-corrected chi connectivity index (χ2v) is 10.6. The molecule has 0 amide bonds. The van der Waals surface area contributed by atoms with E-state index in [2.05, 4.69) is 76.1 Å². The van der Waals surface area contributed by atoms with E-state index in [4.69, 9.17) is 19.5 Å². The first-order valence-electron chi connectivity index (χ1n) is 10.8. The molecular formula is C25H34N4O2S2. The van der Waals surface area contributed by atoms with Crippen LogP contribution >= 0.6 is 23.5 Å². The number of rotatable bonds is 8. The molecule has 8 heteroatoms. The van der Waals surface area contributed by atoms with Gasteiger partial charge in [-0.05, 0) is 61.4 Å². The maximum atomic E-state index is 5.44. The van der Waals surface area contributed by atoms with Gasteiger partial charge in [-0.2, -0.15) is 0 Å². The first-order chi connectivity index (χ1) is 15.6. The smallest absolute Gasteiger partial charge is 0.185 e. The third-order valence-corrected chi connectivity index (χ3v) is 7.57. The molecule has 2 aromatic rings. The summed E-state index contributed by atoms with van der Waals surface area (Å²) >= 11 is 3.41. The molecule has 33 heavy (non-hydrogen) atoms. The fourth-order valence-electron chi connectivity index (χ4n) is 3.58. The molecule has 0 bridgehead atoms. The molecule has 1 aliphatic rings. The van der Waals surface area contributed by atoms with Gasteiger partial charge in [0.1, 0.15) is 22.1 Å². The van der Waals surface area contributed by atoms with Crippen LogP contribution in [0.4, 0.5) is 11.4 Å². The summed E-state index contributed by atoms with van der Waals surface area (Å²) in [4.78, 5) is 14.1. The van der Waals surface area contributed by atoms with Crippen LogP contribution in [-0.2, 0) is 11.5 Å². The molecule has 0 radical (unpaired) electrons. The van der Waals surface area contributed by atoms with Crippen LogP contribution in [0.15, 0.2) is 46.4 Å². The van der Waals surface area contributed by atoms with Crippen LogP contribution in [0.3, 0.4) is 0 Å². The van der Waals surface area contributed by atoms with Gasteiger partial charge in [-0.1, -0.05) is 11.8 Å². The van der Waals surface area contributed by atoms with Crippen LogP contribution in [-0.4, -0.2) is 58.2 Å². The van der Waals surface area contributed by atoms with E-state index in [1.165, 1.54) is 22.5 Å². The summed E-state index contributed by atoms with van der Waals surface area (Å²) in [5.41, 5.74) is 4.45. The molecule has 2 aromatic carbocycles. The highest BCUT2D eigenvalue weighted by Crippen LogP contribution is 2.36. The van der Waals surface area contributed by atoms with Crippen molar-refractivity contribution in [3.8, 4) is 11.5 Å². The highest BCUT2D eigenvalue weighted by Gasteiger charge is 2.31. The number of benzene rings is 2. The molecule has 6 nitrogen and oxygen atoms in total. The van der Waals surface area contributed by atoms with Gasteiger partial charge in [0.15, 0.2) is 5.17 Å². The average Bonchev–Trinajstić information content (AvgIpc) is 3.08. The van der Waals surface area contributed by atoms with Gasteiger partial charge in [-0.3, -0.25) is 0 Å². The molecule has 0 aliphatic carbocycles. The minimum Gasteiger partial charge on any atom is -0.497 e. The minimum absolute atomic E-state index is 0.330. The number of aliphatic imine (C=N–C) groups is 2. The minimum atomic E-state index is -0.330. The van der Waals surface area contributed by atoms with Crippen LogP contribution in [0.5, 0.6) is 11.5 Å². The molecule has 0 atom stereocenters. The summed E-state index contributed by atoms with van der Waals surface area (Å²) in [7, 11) is 11.6. The lowest BCUT2D eigenvalue weighted by atomic mass is 10.1. The summed E-state index contributed by atoms with van der Waals surface area (Å²) in [6, 6.07) is 12.4.